The predicted molar refractivity (Wildman–Crippen MR) is 81.7 cm³/mol. The molecule has 1 heterocycles. The van der Waals surface area contributed by atoms with Gasteiger partial charge in [-0.05, 0) is 23.8 Å². The van der Waals surface area contributed by atoms with Gasteiger partial charge in [-0.3, -0.25) is 4.79 Å². The van der Waals surface area contributed by atoms with E-state index in [0.717, 1.165) is 12.2 Å². The number of epoxide rings is 1. The molecule has 0 aliphatic carbocycles. The first-order valence-corrected chi connectivity index (χ1v) is 7.05. The van der Waals surface area contributed by atoms with E-state index in [1.165, 1.54) is 0 Å². The molecule has 1 unspecified atom stereocenters. The summed E-state index contributed by atoms with van der Waals surface area (Å²) in [6.07, 6.45) is 3.61. The Morgan fingerprint density at radius 2 is 2.10 bits per heavy atom. The van der Waals surface area contributed by atoms with Crippen LogP contribution in [0.1, 0.15) is 26.3 Å². The highest BCUT2D eigenvalue weighted by atomic mass is 16.6. The molecule has 0 aromatic heterocycles. The number of benzene rings is 1. The number of hydrogen-bond donors (Lipinski definition) is 0. The van der Waals surface area contributed by atoms with Crippen molar-refractivity contribution < 1.29 is 19.0 Å². The summed E-state index contributed by atoms with van der Waals surface area (Å²) in [5, 5.41) is 0. The average molecular weight is 290 g/mol. The molecule has 1 saturated heterocycles. The third kappa shape index (κ3) is 4.60. The van der Waals surface area contributed by atoms with E-state index in [4.69, 9.17) is 14.2 Å². The fourth-order valence-electron chi connectivity index (χ4n) is 1.68. The van der Waals surface area contributed by atoms with Crippen LogP contribution in [0.4, 0.5) is 0 Å². The first-order valence-electron chi connectivity index (χ1n) is 7.05. The molecule has 4 heteroatoms. The van der Waals surface area contributed by atoms with Crippen molar-refractivity contribution in [3.8, 4) is 11.5 Å². The summed E-state index contributed by atoms with van der Waals surface area (Å²) in [5.41, 5.74) is 0.535. The van der Waals surface area contributed by atoms with Crippen LogP contribution in [0.15, 0.2) is 24.3 Å². The molecule has 2 rings (SSSR count). The van der Waals surface area contributed by atoms with Crippen LogP contribution in [0, 0.1) is 5.41 Å². The van der Waals surface area contributed by atoms with Gasteiger partial charge in [0.05, 0.1) is 13.7 Å². The Morgan fingerprint density at radius 1 is 1.38 bits per heavy atom. The highest BCUT2D eigenvalue weighted by Crippen LogP contribution is 2.29. The van der Waals surface area contributed by atoms with Gasteiger partial charge in [-0.15, -0.1) is 0 Å². The number of allylic oxidation sites excluding steroid dienone is 1. The molecule has 0 saturated carbocycles. The molecule has 1 atom stereocenters. The van der Waals surface area contributed by atoms with Gasteiger partial charge in [-0.1, -0.05) is 32.9 Å². The second-order valence-electron chi connectivity index (χ2n) is 6.12. The number of hydrogen-bond acceptors (Lipinski definition) is 4. The maximum Gasteiger partial charge on any atom is 0.161 e. The van der Waals surface area contributed by atoms with Crippen LogP contribution < -0.4 is 9.47 Å². The lowest BCUT2D eigenvalue weighted by Crippen LogP contribution is -2.17. The number of rotatable bonds is 6. The van der Waals surface area contributed by atoms with Gasteiger partial charge in [0.2, 0.25) is 0 Å². The van der Waals surface area contributed by atoms with Crippen LogP contribution in [0.5, 0.6) is 11.5 Å². The zero-order valence-electron chi connectivity index (χ0n) is 13.0. The van der Waals surface area contributed by atoms with Gasteiger partial charge in [0.25, 0.3) is 0 Å². The van der Waals surface area contributed by atoms with Crippen molar-refractivity contribution in [2.75, 3.05) is 20.3 Å². The van der Waals surface area contributed by atoms with Crippen molar-refractivity contribution in [1.82, 2.24) is 0 Å². The molecular weight excluding hydrogens is 268 g/mol. The van der Waals surface area contributed by atoms with Crippen LogP contribution >= 0.6 is 0 Å². The molecule has 1 aromatic carbocycles. The van der Waals surface area contributed by atoms with Gasteiger partial charge in [-0.25, -0.2) is 0 Å². The molecule has 4 nitrogen and oxygen atoms in total. The molecule has 0 radical (unpaired) electrons. The second-order valence-corrected chi connectivity index (χ2v) is 6.12. The molecule has 21 heavy (non-hydrogen) atoms. The highest BCUT2D eigenvalue weighted by molar-refractivity contribution is 5.97. The van der Waals surface area contributed by atoms with E-state index in [-0.39, 0.29) is 17.3 Å². The smallest absolute Gasteiger partial charge is 0.161 e. The van der Waals surface area contributed by atoms with Crippen molar-refractivity contribution in [2.24, 2.45) is 5.41 Å². The number of carbonyl (C=O) groups is 1. The van der Waals surface area contributed by atoms with E-state index in [9.17, 15) is 4.79 Å². The molecule has 0 bridgehead atoms. The third-order valence-electron chi connectivity index (χ3n) is 3.18. The van der Waals surface area contributed by atoms with Gasteiger partial charge in [0, 0.05) is 5.41 Å². The minimum absolute atomic E-state index is 0.0904. The molecule has 0 N–H and O–H groups in total. The quantitative estimate of drug-likeness (QED) is 0.596. The fraction of sp³-hybridized carbons (Fsp3) is 0.471. The Morgan fingerprint density at radius 3 is 2.67 bits per heavy atom. The van der Waals surface area contributed by atoms with Crippen molar-refractivity contribution in [1.29, 1.82) is 0 Å². The Bertz CT molecular complexity index is 536. The number of ketones is 1. The van der Waals surface area contributed by atoms with Crippen LogP contribution in [-0.4, -0.2) is 32.2 Å². The molecule has 1 aliphatic rings. The second kappa shape index (κ2) is 6.31. The first-order chi connectivity index (χ1) is 9.90. The summed E-state index contributed by atoms with van der Waals surface area (Å²) >= 11 is 0. The van der Waals surface area contributed by atoms with Crippen LogP contribution in [-0.2, 0) is 9.53 Å². The van der Waals surface area contributed by atoms with Gasteiger partial charge in [-0.2, -0.15) is 0 Å². The van der Waals surface area contributed by atoms with Crippen LogP contribution in [0.3, 0.4) is 0 Å². The third-order valence-corrected chi connectivity index (χ3v) is 3.18. The molecule has 1 aliphatic heterocycles. The minimum atomic E-state index is -0.367. The zero-order valence-corrected chi connectivity index (χ0v) is 13.0. The standard InChI is InChI=1S/C17H22O4/c1-17(2,3)16(18)8-6-12-5-7-14(15(9-12)19-4)21-11-13-10-20-13/h5-9,13H,10-11H2,1-4H3. The highest BCUT2D eigenvalue weighted by Gasteiger charge is 2.23. The monoisotopic (exact) mass is 290 g/mol. The topological polar surface area (TPSA) is 48.1 Å². The summed E-state index contributed by atoms with van der Waals surface area (Å²) in [7, 11) is 1.60. The average Bonchev–Trinajstić information content (AvgIpc) is 3.25. The first kappa shape index (κ1) is 15.6. The van der Waals surface area contributed by atoms with E-state index < -0.39 is 0 Å². The number of carbonyl (C=O) groups excluding carboxylic acids is 1. The summed E-state index contributed by atoms with van der Waals surface area (Å²) in [5.74, 6) is 1.43. The van der Waals surface area contributed by atoms with Crippen molar-refractivity contribution >= 4 is 11.9 Å². The summed E-state index contributed by atoms with van der Waals surface area (Å²) < 4.78 is 16.1. The molecule has 114 valence electrons. The summed E-state index contributed by atoms with van der Waals surface area (Å²) in [6, 6.07) is 5.61. The van der Waals surface area contributed by atoms with Gasteiger partial charge >= 0.3 is 0 Å². The largest absolute Gasteiger partial charge is 0.493 e. The summed E-state index contributed by atoms with van der Waals surface area (Å²) in [4.78, 5) is 11.9. The summed E-state index contributed by atoms with van der Waals surface area (Å²) in [6.45, 7) is 7.00. The lowest BCUT2D eigenvalue weighted by atomic mass is 9.90. The van der Waals surface area contributed by atoms with E-state index in [1.54, 1.807) is 19.3 Å². The fourth-order valence-corrected chi connectivity index (χ4v) is 1.68. The van der Waals surface area contributed by atoms with E-state index in [2.05, 4.69) is 0 Å². The van der Waals surface area contributed by atoms with Crippen LogP contribution in [0.2, 0.25) is 0 Å². The Balaban J connectivity index is 2.07. The maximum atomic E-state index is 11.9. The SMILES string of the molecule is COc1cc(C=CC(=O)C(C)(C)C)ccc1OCC1CO1. The number of ether oxygens (including phenoxy) is 3. The van der Waals surface area contributed by atoms with Crippen molar-refractivity contribution in [3.05, 3.63) is 29.8 Å². The number of methoxy groups -OCH3 is 1. The van der Waals surface area contributed by atoms with E-state index in [0.29, 0.717) is 18.1 Å². The lowest BCUT2D eigenvalue weighted by Gasteiger charge is -2.13. The van der Waals surface area contributed by atoms with Crippen molar-refractivity contribution in [3.63, 3.8) is 0 Å². The molecular formula is C17H22O4. The Kier molecular flexibility index (Phi) is 4.68. The predicted octanol–water partition coefficient (Wildman–Crippen LogP) is 3.10. The van der Waals surface area contributed by atoms with E-state index in [1.807, 2.05) is 39.0 Å². The zero-order chi connectivity index (χ0) is 15.5. The van der Waals surface area contributed by atoms with Gasteiger partial charge in [0.15, 0.2) is 17.3 Å². The Labute approximate surface area is 125 Å². The van der Waals surface area contributed by atoms with Crippen molar-refractivity contribution in [2.45, 2.75) is 26.9 Å². The van der Waals surface area contributed by atoms with Crippen LogP contribution in [0.25, 0.3) is 6.08 Å². The van der Waals surface area contributed by atoms with E-state index >= 15 is 0 Å². The minimum Gasteiger partial charge on any atom is -0.493 e. The maximum absolute atomic E-state index is 11.9. The molecule has 0 amide bonds. The van der Waals surface area contributed by atoms with Gasteiger partial charge in [0.1, 0.15) is 12.7 Å². The molecule has 1 aromatic rings. The normalized spacial score (nSPS) is 17.8. The molecule has 0 spiro atoms. The molecule has 1 fully saturated rings. The lowest BCUT2D eigenvalue weighted by molar-refractivity contribution is -0.121. The van der Waals surface area contributed by atoms with Gasteiger partial charge < -0.3 is 14.2 Å². The Hall–Kier alpha value is -1.81.